The Morgan fingerprint density at radius 3 is 1.16 bits per heavy atom. The Hall–Kier alpha value is -12.1. The third-order valence-electron chi connectivity index (χ3n) is 18.7. The number of carboxylic acids is 1. The lowest BCUT2D eigenvalue weighted by molar-refractivity contribution is -0.614. The lowest BCUT2D eigenvalue weighted by Gasteiger charge is -2.19. The largest absolute Gasteiger partial charge is 0.618 e. The topological polar surface area (TPSA) is 339 Å². The van der Waals surface area contributed by atoms with E-state index in [1.54, 1.807) is 102 Å². The second-order valence-electron chi connectivity index (χ2n) is 28.5. The van der Waals surface area contributed by atoms with Crippen molar-refractivity contribution >= 4 is 70.1 Å². The summed E-state index contributed by atoms with van der Waals surface area (Å²) in [6.07, 6.45) is 13.5. The van der Waals surface area contributed by atoms with Gasteiger partial charge in [0.05, 0.1) is 45.4 Å². The van der Waals surface area contributed by atoms with Crippen molar-refractivity contribution in [3.63, 3.8) is 0 Å². The smallest absolute Gasteiger partial charge is 0.338 e. The highest BCUT2D eigenvalue weighted by atomic mass is 35.5. The van der Waals surface area contributed by atoms with Gasteiger partial charge in [-0.1, -0.05) is 71.2 Å². The maximum atomic E-state index is 13.3. The van der Waals surface area contributed by atoms with E-state index in [0.717, 1.165) is 72.6 Å². The molecule has 3 atom stereocenters. The van der Waals surface area contributed by atoms with Gasteiger partial charge >= 0.3 is 17.9 Å². The molecule has 109 heavy (non-hydrogen) atoms. The molecule has 29 heteroatoms. The first-order valence-electron chi connectivity index (χ1n) is 34.8. The lowest BCUT2D eigenvalue weighted by atomic mass is 9.94. The molecule has 1 N–H and O–H groups in total. The molecule has 3 aliphatic rings. The van der Waals surface area contributed by atoms with Crippen molar-refractivity contribution in [1.29, 1.82) is 0 Å². The minimum atomic E-state index is -1.02. The van der Waals surface area contributed by atoms with Gasteiger partial charge in [0, 0.05) is 85.0 Å². The number of ketones is 3. The average molecular weight is 1520 g/mol. The van der Waals surface area contributed by atoms with Crippen LogP contribution < -0.4 is 9.46 Å². The summed E-state index contributed by atoms with van der Waals surface area (Å²) in [4.78, 5) is 79.8. The minimum absolute atomic E-state index is 0.0387. The van der Waals surface area contributed by atoms with Gasteiger partial charge < -0.3 is 25.0 Å². The number of carbonyl (C=O) groups excluding carboxylic acids is 5. The monoisotopic (exact) mass is 1520 g/mol. The zero-order valence-electron chi connectivity index (χ0n) is 59.8. The number of Topliss-reactive ketones (excluding diaryl/α,β-unsaturated/α-hetero) is 3. The summed E-state index contributed by atoms with van der Waals surface area (Å²) in [7, 11) is 0. The predicted molar refractivity (Wildman–Crippen MR) is 400 cm³/mol. The second kappa shape index (κ2) is 31.7. The van der Waals surface area contributed by atoms with Crippen molar-refractivity contribution in [3.05, 3.63) is 276 Å². The van der Waals surface area contributed by atoms with Gasteiger partial charge in [-0.05, 0) is 243 Å². The maximum absolute atomic E-state index is 13.3. The molecule has 3 aliphatic carbocycles. The summed E-state index contributed by atoms with van der Waals surface area (Å²) >= 11 is 18.8. The van der Waals surface area contributed by atoms with Crippen LogP contribution in [-0.2, 0) is 62.4 Å². The van der Waals surface area contributed by atoms with Crippen LogP contribution in [0.2, 0.25) is 15.1 Å². The Labute approximate surface area is 639 Å². The third-order valence-corrected chi connectivity index (χ3v) is 19.4. The fourth-order valence-electron chi connectivity index (χ4n) is 13.7. The summed E-state index contributed by atoms with van der Waals surface area (Å²) in [6.45, 7) is 10.9. The summed E-state index contributed by atoms with van der Waals surface area (Å²) in [6, 6.07) is 42.0. The van der Waals surface area contributed by atoms with Crippen LogP contribution in [0.1, 0.15) is 160 Å². The number of aromatic carboxylic acids is 1. The molecule has 6 heterocycles. The maximum Gasteiger partial charge on any atom is 0.338 e. The molecule has 3 unspecified atom stereocenters. The molecule has 0 saturated carbocycles. The van der Waals surface area contributed by atoms with Crippen molar-refractivity contribution in [3.8, 4) is 50.4 Å². The molecular formula is C80H70Cl3N15O11. The van der Waals surface area contributed by atoms with Crippen LogP contribution in [-0.4, -0.2) is 117 Å². The van der Waals surface area contributed by atoms with Gasteiger partial charge in [-0.3, -0.25) is 19.4 Å². The zero-order valence-corrected chi connectivity index (χ0v) is 62.1. The number of rotatable bonds is 18. The third kappa shape index (κ3) is 17.5. The van der Waals surface area contributed by atoms with E-state index in [4.69, 9.17) is 54.4 Å². The van der Waals surface area contributed by atoms with Crippen LogP contribution in [0.4, 0.5) is 0 Å². The Morgan fingerprint density at radius 1 is 0.459 bits per heavy atom. The lowest BCUT2D eigenvalue weighted by Crippen LogP contribution is -2.35. The number of hydrogen-bond donors (Lipinski definition) is 1. The molecule has 12 aromatic rings. The van der Waals surface area contributed by atoms with Gasteiger partial charge in [-0.2, -0.15) is 23.5 Å². The van der Waals surface area contributed by atoms with E-state index in [9.17, 15) is 39.2 Å². The van der Waals surface area contributed by atoms with Crippen LogP contribution in [0, 0.1) is 10.4 Å². The number of esters is 2. The van der Waals surface area contributed by atoms with Crippen molar-refractivity contribution < 1.29 is 52.8 Å². The molecule has 6 aromatic heterocycles. The average Bonchev–Trinajstić information content (AvgIpc) is 1.48. The summed E-state index contributed by atoms with van der Waals surface area (Å²) < 4.78 is 17.0. The van der Waals surface area contributed by atoms with Crippen LogP contribution in [0.5, 0.6) is 0 Å². The first-order valence-corrected chi connectivity index (χ1v) is 36.0. The van der Waals surface area contributed by atoms with E-state index in [1.807, 2.05) is 77.9 Å². The van der Waals surface area contributed by atoms with E-state index in [0.29, 0.717) is 102 Å². The number of aryl methyl sites for hydroxylation is 3. The number of nitrogens with zero attached hydrogens (tertiary/aromatic N) is 15. The standard InChI is InChI=1S/C28H26ClN5O4.C28H26ClN5O3.C24H18ClN5O4/c1-28(2,3)38-27(36)18-6-4-17(5-7-18)12-25(35)22-10-8-19-13-20(15-34(37)26(19)22)23-14-21(29)9-11-24(23)33-16-30-31-32-33;1-28(2,3)37-27(36)18-6-4-17(5-7-18)12-25(35)22-10-8-19-13-20(15-30-26(19)22)23-14-21(29)9-11-24(23)34-16-31-32-33-34;25-18-6-8-21(29-13-26-27-28-29)20(11-18)17-10-16-5-7-19(23(16)30(34)12-17)22(31)9-14-1-3-15(4-2-14)24(32)33/h4-7,9,11,13-16,22H,8,10,12H2,1-3H3;4-7,9,11,13-16,22H,8,10,12H2,1-3H3;1-4,6,8,10-13,19H,5,7,9H2,(H,32,33). The summed E-state index contributed by atoms with van der Waals surface area (Å²) in [5.74, 6) is -3.08. The van der Waals surface area contributed by atoms with Crippen molar-refractivity contribution in [1.82, 2.24) is 65.6 Å². The molecule has 0 bridgehead atoms. The van der Waals surface area contributed by atoms with Gasteiger partial charge in [-0.25, -0.2) is 14.4 Å². The van der Waals surface area contributed by atoms with Crippen LogP contribution in [0.25, 0.3) is 50.4 Å². The van der Waals surface area contributed by atoms with Crippen LogP contribution in [0.3, 0.4) is 0 Å². The number of halogens is 3. The molecule has 0 aliphatic heterocycles. The Kier molecular flexibility index (Phi) is 21.9. The SMILES string of the molecule is CC(C)(C)OC(=O)c1ccc(CC(=O)C2CCc3cc(-c4cc(Cl)ccc4-n4cnnn4)c[n+]([O-])c32)cc1.CC(C)(C)OC(=O)c1ccc(CC(=O)C2CCc3cc(-c4cc(Cl)ccc4-n4cnnn4)cnc32)cc1.O=C(O)c1ccc(CC(=O)C2CCc3cc(-c4cc(Cl)ccc4-n4cnnn4)c[n+]([O-])c32)cc1. The molecular weight excluding hydrogens is 1450 g/mol. The Balaban J connectivity index is 0.000000144. The highest BCUT2D eigenvalue weighted by Gasteiger charge is 2.39. The van der Waals surface area contributed by atoms with E-state index in [1.165, 1.54) is 52.9 Å². The number of benzene rings is 6. The number of aromatic nitrogens is 15. The summed E-state index contributed by atoms with van der Waals surface area (Å²) in [5.41, 5.74) is 13.3. The van der Waals surface area contributed by atoms with E-state index < -0.39 is 35.0 Å². The zero-order chi connectivity index (χ0) is 77.0. The Bertz CT molecular complexity index is 5440. The highest BCUT2D eigenvalue weighted by Crippen LogP contribution is 2.41. The summed E-state index contributed by atoms with van der Waals surface area (Å²) in [5, 5.41) is 71.1. The fraction of sp³-hybridized carbons (Fsp3) is 0.250. The van der Waals surface area contributed by atoms with Gasteiger partial charge in [-0.15, -0.1) is 15.3 Å². The fourth-order valence-corrected chi connectivity index (χ4v) is 14.2. The van der Waals surface area contributed by atoms with Crippen molar-refractivity contribution in [2.45, 2.75) is 128 Å². The van der Waals surface area contributed by atoms with E-state index >= 15 is 0 Å². The molecule has 0 amide bonds. The minimum Gasteiger partial charge on any atom is -0.618 e. The van der Waals surface area contributed by atoms with Crippen molar-refractivity contribution in [2.75, 3.05) is 0 Å². The number of carboxylic acid groups (broad SMARTS) is 1. The Morgan fingerprint density at radius 2 is 0.798 bits per heavy atom. The molecule has 552 valence electrons. The highest BCUT2D eigenvalue weighted by molar-refractivity contribution is 6.31. The quantitative estimate of drug-likeness (QED) is 0.0474. The van der Waals surface area contributed by atoms with Gasteiger partial charge in [0.15, 0.2) is 24.0 Å². The van der Waals surface area contributed by atoms with E-state index in [-0.39, 0.29) is 54.1 Å². The number of carbonyl (C=O) groups is 6. The number of tetrazole rings is 3. The number of pyridine rings is 3. The van der Waals surface area contributed by atoms with Gasteiger partial charge in [0.25, 0.3) is 0 Å². The normalized spacial score (nSPS) is 14.8. The number of fused-ring (bicyclic) bond motifs is 3. The predicted octanol–water partition coefficient (Wildman–Crippen LogP) is 12.7. The molecule has 6 aromatic carbocycles. The molecule has 0 fully saturated rings. The molecule has 26 nitrogen and oxygen atoms in total. The van der Waals surface area contributed by atoms with Gasteiger partial charge in [0.2, 0.25) is 11.4 Å². The van der Waals surface area contributed by atoms with Crippen LogP contribution >= 0.6 is 34.8 Å². The van der Waals surface area contributed by atoms with Crippen LogP contribution in [0.15, 0.2) is 183 Å². The first-order chi connectivity index (χ1) is 52.2. The van der Waals surface area contributed by atoms with E-state index in [2.05, 4.69) is 52.6 Å². The van der Waals surface area contributed by atoms with Crippen molar-refractivity contribution in [2.24, 2.45) is 0 Å². The number of ether oxygens (including phenoxy) is 2. The first kappa shape index (κ1) is 75.1. The molecule has 0 saturated heterocycles. The second-order valence-corrected chi connectivity index (χ2v) is 29.9. The molecule has 0 radical (unpaired) electrons. The number of hydrogen-bond acceptors (Lipinski definition) is 20. The van der Waals surface area contributed by atoms with Gasteiger partial charge in [0.1, 0.15) is 47.8 Å². The molecule has 0 spiro atoms. The molecule has 15 rings (SSSR count).